The number of anilines is 1. The molecule has 1 rings (SSSR count). The summed E-state index contributed by atoms with van der Waals surface area (Å²) in [6.45, 7) is -0.182. The number of hydrogen-bond acceptors (Lipinski definition) is 3. The first-order chi connectivity index (χ1) is 7.61. The van der Waals surface area contributed by atoms with Gasteiger partial charge in [0, 0.05) is 9.26 Å². The van der Waals surface area contributed by atoms with Gasteiger partial charge in [-0.3, -0.25) is 9.59 Å². The highest BCUT2D eigenvalue weighted by Crippen LogP contribution is 2.10. The fourth-order valence-electron chi connectivity index (χ4n) is 0.989. The molecule has 2 amide bonds. The maximum Gasteiger partial charge on any atom is 0.243 e. The molecule has 0 bridgehead atoms. The Hall–Kier alpha value is -1.15. The van der Waals surface area contributed by atoms with Crippen molar-refractivity contribution in [2.45, 2.75) is 0 Å². The van der Waals surface area contributed by atoms with E-state index in [9.17, 15) is 9.59 Å². The Labute approximate surface area is 107 Å². The first-order valence-corrected chi connectivity index (χ1v) is 5.72. The number of nitrogens with one attached hydrogen (secondary N) is 2. The molecule has 0 aromatic heterocycles. The van der Waals surface area contributed by atoms with Gasteiger partial charge in [0.05, 0.1) is 13.1 Å². The van der Waals surface area contributed by atoms with E-state index in [2.05, 4.69) is 33.2 Å². The van der Waals surface area contributed by atoms with Gasteiger partial charge in [0.15, 0.2) is 0 Å². The summed E-state index contributed by atoms with van der Waals surface area (Å²) in [5, 5.41) is 5.04. The zero-order chi connectivity index (χ0) is 12.0. The van der Waals surface area contributed by atoms with Gasteiger partial charge in [-0.25, -0.2) is 0 Å². The molecule has 4 N–H and O–H groups in total. The summed E-state index contributed by atoms with van der Waals surface area (Å²) in [6.07, 6.45) is 0. The van der Waals surface area contributed by atoms with Crippen molar-refractivity contribution in [3.05, 3.63) is 27.8 Å². The van der Waals surface area contributed by atoms with Crippen molar-refractivity contribution in [1.82, 2.24) is 5.32 Å². The number of hydrogen-bond donors (Lipinski definition) is 3. The SMILES string of the molecule is NCC(=O)NCC(=O)Nc1ccc(I)cc1. The number of benzene rings is 1. The van der Waals surface area contributed by atoms with Crippen molar-refractivity contribution < 1.29 is 9.59 Å². The van der Waals surface area contributed by atoms with Gasteiger partial charge in [-0.05, 0) is 46.9 Å². The topological polar surface area (TPSA) is 84.2 Å². The van der Waals surface area contributed by atoms with Gasteiger partial charge in [0.2, 0.25) is 11.8 Å². The lowest BCUT2D eigenvalue weighted by atomic mass is 10.3. The summed E-state index contributed by atoms with van der Waals surface area (Å²) in [5.74, 6) is -0.624. The molecule has 0 saturated carbocycles. The van der Waals surface area contributed by atoms with Gasteiger partial charge >= 0.3 is 0 Å². The van der Waals surface area contributed by atoms with Gasteiger partial charge in [-0.2, -0.15) is 0 Å². The minimum absolute atomic E-state index is 0.0674. The van der Waals surface area contributed by atoms with Crippen LogP contribution in [0, 0.1) is 3.57 Å². The van der Waals surface area contributed by atoms with Crippen LogP contribution in [0.25, 0.3) is 0 Å². The Morgan fingerprint density at radius 2 is 1.81 bits per heavy atom. The quantitative estimate of drug-likeness (QED) is 0.693. The first-order valence-electron chi connectivity index (χ1n) is 4.64. The van der Waals surface area contributed by atoms with Crippen molar-refractivity contribution in [1.29, 1.82) is 0 Å². The second kappa shape index (κ2) is 6.44. The van der Waals surface area contributed by atoms with Crippen LogP contribution in [0.3, 0.4) is 0 Å². The van der Waals surface area contributed by atoms with Gasteiger partial charge < -0.3 is 16.4 Å². The van der Waals surface area contributed by atoms with Crippen LogP contribution in [-0.4, -0.2) is 24.9 Å². The number of amides is 2. The normalized spacial score (nSPS) is 9.62. The van der Waals surface area contributed by atoms with Crippen molar-refractivity contribution in [3.8, 4) is 0 Å². The van der Waals surface area contributed by atoms with Gasteiger partial charge in [-0.15, -0.1) is 0 Å². The molecule has 86 valence electrons. The number of nitrogens with two attached hydrogens (primary N) is 1. The lowest BCUT2D eigenvalue weighted by Gasteiger charge is -2.06. The monoisotopic (exact) mass is 333 g/mol. The largest absolute Gasteiger partial charge is 0.346 e. The molecule has 0 unspecified atom stereocenters. The van der Waals surface area contributed by atoms with E-state index < -0.39 is 0 Å². The van der Waals surface area contributed by atoms with Crippen LogP contribution < -0.4 is 16.4 Å². The third kappa shape index (κ3) is 4.58. The minimum Gasteiger partial charge on any atom is -0.346 e. The van der Waals surface area contributed by atoms with E-state index in [1.54, 1.807) is 12.1 Å². The Bertz CT molecular complexity index is 378. The average molecular weight is 333 g/mol. The molecule has 0 spiro atoms. The molecule has 16 heavy (non-hydrogen) atoms. The van der Waals surface area contributed by atoms with E-state index in [1.165, 1.54) is 0 Å². The summed E-state index contributed by atoms with van der Waals surface area (Å²) in [6, 6.07) is 7.36. The van der Waals surface area contributed by atoms with E-state index in [1.807, 2.05) is 12.1 Å². The molecule has 0 aliphatic rings. The smallest absolute Gasteiger partial charge is 0.243 e. The van der Waals surface area contributed by atoms with Crippen molar-refractivity contribution in [3.63, 3.8) is 0 Å². The fraction of sp³-hybridized carbons (Fsp3) is 0.200. The lowest BCUT2D eigenvalue weighted by molar-refractivity contribution is -0.123. The van der Waals surface area contributed by atoms with E-state index in [-0.39, 0.29) is 24.9 Å². The Morgan fingerprint density at radius 1 is 1.19 bits per heavy atom. The molecule has 0 saturated heterocycles. The predicted molar refractivity (Wildman–Crippen MR) is 69.9 cm³/mol. The highest BCUT2D eigenvalue weighted by Gasteiger charge is 2.03. The van der Waals surface area contributed by atoms with Crippen molar-refractivity contribution in [2.24, 2.45) is 5.73 Å². The van der Waals surface area contributed by atoms with Crippen molar-refractivity contribution in [2.75, 3.05) is 18.4 Å². The second-order valence-corrected chi connectivity index (χ2v) is 4.28. The maximum absolute atomic E-state index is 11.3. The molecular formula is C10H12IN3O2. The summed E-state index contributed by atoms with van der Waals surface area (Å²) in [4.78, 5) is 22.1. The molecule has 6 heteroatoms. The summed E-state index contributed by atoms with van der Waals surface area (Å²) in [7, 11) is 0. The lowest BCUT2D eigenvalue weighted by Crippen LogP contribution is -2.36. The molecule has 0 fully saturated rings. The zero-order valence-electron chi connectivity index (χ0n) is 8.50. The van der Waals surface area contributed by atoms with Crippen molar-refractivity contribution >= 4 is 40.1 Å². The van der Waals surface area contributed by atoms with Crippen LogP contribution in [-0.2, 0) is 9.59 Å². The second-order valence-electron chi connectivity index (χ2n) is 3.04. The Balaban J connectivity index is 2.40. The molecule has 0 atom stereocenters. The van der Waals surface area contributed by atoms with Crippen LogP contribution in [0.5, 0.6) is 0 Å². The zero-order valence-corrected chi connectivity index (χ0v) is 10.7. The predicted octanol–water partition coefficient (Wildman–Crippen LogP) is 0.305. The molecule has 0 heterocycles. The third-order valence-corrected chi connectivity index (χ3v) is 2.48. The van der Waals surface area contributed by atoms with E-state index in [4.69, 9.17) is 5.73 Å². The standard InChI is InChI=1S/C10H12IN3O2/c11-7-1-3-8(4-2-7)14-10(16)6-13-9(15)5-12/h1-4H,5-6,12H2,(H,13,15)(H,14,16). The van der Waals surface area contributed by atoms with E-state index >= 15 is 0 Å². The van der Waals surface area contributed by atoms with Crippen LogP contribution >= 0.6 is 22.6 Å². The van der Waals surface area contributed by atoms with Crippen LogP contribution in [0.2, 0.25) is 0 Å². The maximum atomic E-state index is 11.3. The first kappa shape index (κ1) is 12.9. The molecule has 0 aliphatic carbocycles. The molecular weight excluding hydrogens is 321 g/mol. The molecule has 0 radical (unpaired) electrons. The Kier molecular flexibility index (Phi) is 5.20. The third-order valence-electron chi connectivity index (χ3n) is 1.76. The number of rotatable bonds is 4. The molecule has 1 aromatic carbocycles. The number of carbonyl (C=O) groups excluding carboxylic acids is 2. The summed E-state index contributed by atoms with van der Waals surface area (Å²) < 4.78 is 1.09. The highest BCUT2D eigenvalue weighted by atomic mass is 127. The average Bonchev–Trinajstić information content (AvgIpc) is 2.29. The number of halogens is 1. The Morgan fingerprint density at radius 3 is 2.38 bits per heavy atom. The van der Waals surface area contributed by atoms with E-state index in [0.717, 1.165) is 3.57 Å². The number of carbonyl (C=O) groups is 2. The molecule has 1 aromatic rings. The molecule has 0 aliphatic heterocycles. The summed E-state index contributed by atoms with van der Waals surface area (Å²) >= 11 is 2.18. The fourth-order valence-corrected chi connectivity index (χ4v) is 1.35. The molecule has 5 nitrogen and oxygen atoms in total. The van der Waals surface area contributed by atoms with Crippen LogP contribution in [0.1, 0.15) is 0 Å². The van der Waals surface area contributed by atoms with E-state index in [0.29, 0.717) is 5.69 Å². The van der Waals surface area contributed by atoms with Gasteiger partial charge in [0.25, 0.3) is 0 Å². The summed E-state index contributed by atoms with van der Waals surface area (Å²) in [5.41, 5.74) is 5.78. The minimum atomic E-state index is -0.349. The van der Waals surface area contributed by atoms with Gasteiger partial charge in [0.1, 0.15) is 0 Å². The van der Waals surface area contributed by atoms with Gasteiger partial charge in [-0.1, -0.05) is 0 Å². The van der Waals surface area contributed by atoms with Crippen LogP contribution in [0.15, 0.2) is 24.3 Å². The van der Waals surface area contributed by atoms with Crippen LogP contribution in [0.4, 0.5) is 5.69 Å². The highest BCUT2D eigenvalue weighted by molar-refractivity contribution is 14.1.